The Morgan fingerprint density at radius 3 is 2.19 bits per heavy atom. The molecule has 2 atom stereocenters. The molecule has 0 saturated carbocycles. The number of aromatic nitrogens is 3. The van der Waals surface area contributed by atoms with Crippen LogP contribution < -0.4 is 30.5 Å². The molecule has 4 aliphatic rings. The summed E-state index contributed by atoms with van der Waals surface area (Å²) in [6, 6.07) is 21.0. The Morgan fingerprint density at radius 2 is 1.52 bits per heavy atom. The molecule has 11 rings (SSSR count). The maximum absolute atomic E-state index is 13.7. The van der Waals surface area contributed by atoms with Crippen LogP contribution >= 0.6 is 0 Å². The Labute approximate surface area is 579 Å². The molecule has 524 valence electrons. The number of pyridine rings is 3. The number of carbonyl (C=O) groups excluding carboxylic acids is 3. The number of rotatable bonds is 25. The Bertz CT molecular complexity index is 4790. The number of likely N-dealkylation sites (N-methyl/N-ethyl adjacent to an activating group) is 2. The van der Waals surface area contributed by atoms with Crippen LogP contribution in [0, 0.1) is 6.92 Å². The lowest BCUT2D eigenvalue weighted by Gasteiger charge is -2.32. The van der Waals surface area contributed by atoms with Crippen molar-refractivity contribution in [2.24, 2.45) is 0 Å². The summed E-state index contributed by atoms with van der Waals surface area (Å²) in [7, 11) is -12.9. The predicted octanol–water partition coefficient (Wildman–Crippen LogP) is 11.5. The molecule has 0 radical (unpaired) electrons. The van der Waals surface area contributed by atoms with Crippen LogP contribution in [-0.2, 0) is 65.4 Å². The van der Waals surface area contributed by atoms with Gasteiger partial charge in [-0.2, -0.15) is 25.3 Å². The van der Waals surface area contributed by atoms with Crippen LogP contribution in [0.1, 0.15) is 148 Å². The summed E-state index contributed by atoms with van der Waals surface area (Å²) < 4.78 is 112. The first-order valence-electron chi connectivity index (χ1n) is 33.5. The van der Waals surface area contributed by atoms with Crippen molar-refractivity contribution < 1.29 is 58.0 Å². The first-order valence-corrected chi connectivity index (χ1v) is 37.8. The van der Waals surface area contributed by atoms with Crippen LogP contribution in [0.25, 0.3) is 27.1 Å². The number of amides is 4. The van der Waals surface area contributed by atoms with E-state index < -0.39 is 51.0 Å². The quantitative estimate of drug-likeness (QED) is 0.0176. The number of nitrogens with zero attached hydrogens (tertiary/aromatic N) is 7. The van der Waals surface area contributed by atoms with E-state index in [1.165, 1.54) is 30.5 Å². The summed E-state index contributed by atoms with van der Waals surface area (Å²) in [6.45, 7) is 20.1. The number of unbranched alkanes of at least 4 members (excludes halogenated alkanes) is 2. The Morgan fingerprint density at radius 1 is 0.788 bits per heavy atom. The van der Waals surface area contributed by atoms with Gasteiger partial charge in [-0.1, -0.05) is 70.5 Å². The van der Waals surface area contributed by atoms with Gasteiger partial charge in [0.05, 0.1) is 40.2 Å². The Balaban J connectivity index is 0.770. The summed E-state index contributed by atoms with van der Waals surface area (Å²) in [5, 5.41) is 11.4. The molecular weight excluding hydrogens is 1320 g/mol. The highest BCUT2D eigenvalue weighted by Gasteiger charge is 2.45. The number of ether oxygens (including phenoxy) is 1. The number of fused-ring (bicyclic) bond motifs is 7. The highest BCUT2D eigenvalue weighted by molar-refractivity contribution is 7.87. The average molecular weight is 1410 g/mol. The maximum atomic E-state index is 13.7. The molecular formula is C73H86N10O13S3. The Kier molecular flexibility index (Phi) is 20.5. The van der Waals surface area contributed by atoms with E-state index in [0.29, 0.717) is 129 Å². The zero-order valence-corrected chi connectivity index (χ0v) is 59.7. The largest absolute Gasteiger partial charge is 0.481 e. The van der Waals surface area contributed by atoms with Crippen LogP contribution in [0.2, 0.25) is 0 Å². The van der Waals surface area contributed by atoms with Crippen molar-refractivity contribution in [2.75, 3.05) is 68.0 Å². The number of benzene rings is 4. The number of anilines is 3. The average Bonchev–Trinajstić information content (AvgIpc) is 1.60. The van der Waals surface area contributed by atoms with Gasteiger partial charge >= 0.3 is 6.03 Å². The zero-order valence-electron chi connectivity index (χ0n) is 57.2. The number of urea groups is 1. The van der Waals surface area contributed by atoms with E-state index in [1.54, 1.807) is 37.6 Å². The molecule has 4 amide bonds. The minimum atomic E-state index is -4.97. The number of aryl methyl sites for hydroxylation is 3. The summed E-state index contributed by atoms with van der Waals surface area (Å²) in [5.74, 6) is 0.974. The molecule has 6 N–H and O–H groups in total. The van der Waals surface area contributed by atoms with E-state index in [-0.39, 0.29) is 45.6 Å². The Hall–Kier alpha value is -8.79. The lowest BCUT2D eigenvalue weighted by molar-refractivity contribution is -0.121. The lowest BCUT2D eigenvalue weighted by Crippen LogP contribution is -2.39. The van der Waals surface area contributed by atoms with E-state index in [1.807, 2.05) is 92.7 Å². The molecule has 3 aromatic heterocycles. The zero-order chi connectivity index (χ0) is 71.1. The minimum Gasteiger partial charge on any atom is -0.481 e. The molecule has 1 fully saturated rings. The molecule has 0 aliphatic carbocycles. The van der Waals surface area contributed by atoms with Gasteiger partial charge < -0.3 is 40.3 Å². The molecule has 26 heteroatoms. The molecule has 1 unspecified atom stereocenters. The highest BCUT2D eigenvalue weighted by atomic mass is 32.2. The molecule has 7 aromatic rings. The second-order valence-corrected chi connectivity index (χ2v) is 31.1. The fourth-order valence-corrected chi connectivity index (χ4v) is 16.7. The fraction of sp³-hybridized carbons (Fsp3) is 0.397. The van der Waals surface area contributed by atoms with Gasteiger partial charge in [0, 0.05) is 116 Å². The van der Waals surface area contributed by atoms with Crippen molar-refractivity contribution in [1.82, 2.24) is 35.4 Å². The van der Waals surface area contributed by atoms with Crippen LogP contribution in [0.4, 0.5) is 22.0 Å². The van der Waals surface area contributed by atoms with Crippen LogP contribution in [0.5, 0.6) is 5.88 Å². The number of carbonyl (C=O) groups is 3. The van der Waals surface area contributed by atoms with Gasteiger partial charge in [-0.3, -0.25) is 28.2 Å². The monoisotopic (exact) mass is 1410 g/mol. The molecule has 4 aromatic carbocycles. The van der Waals surface area contributed by atoms with Gasteiger partial charge in [-0.05, 0) is 182 Å². The minimum absolute atomic E-state index is 0.00953. The summed E-state index contributed by atoms with van der Waals surface area (Å²) in [5.41, 5.74) is 8.21. The van der Waals surface area contributed by atoms with Crippen molar-refractivity contribution >= 4 is 92.5 Å². The number of hydrogen-bond acceptors (Lipinski definition) is 16. The summed E-state index contributed by atoms with van der Waals surface area (Å²) >= 11 is 0. The smallest absolute Gasteiger partial charge is 0.320 e. The number of hydrogen-bond donors (Lipinski definition) is 6. The standard InChI is InChI=1S/C73H86N10O13S3/c1-10-81-60-27-24-54-45(3)37-52(97(87,88)89)39-56(54)67(60)72(5,6)63(81)29-21-47(22-30-64-73(7,8)68-57-40-53(98(90,91)92)41-62(99(93,94)95)55(57)25-28-61(68)82(64)11-2)58-26-20-50(43-76-58)70(85)75-32-14-12-13-19-65(84)77-44-51-38-48-17-15-33-74-69(48)79-59(51)18-16-34-80-35-36-83(71(80)86)46(4)49-23-31-66(96-9)78-42-49/h20-31,37-43,46,63H,10-19,32-36,44H2,1-9H3,(H,74,79)(H,75,85)(H,77,84)(H,87,88,89)(H,90,91,92)(H,93,94,95)/b29-21+,47-22-,64-30+/t46-,63?/m0/s1. The molecule has 23 nitrogen and oxygen atoms in total. The number of nitrogens with one attached hydrogen (secondary N) is 3. The molecule has 1 saturated heterocycles. The third-order valence-corrected chi connectivity index (χ3v) is 22.4. The summed E-state index contributed by atoms with van der Waals surface area (Å²) in [6.07, 6.45) is 16.5. The van der Waals surface area contributed by atoms with Gasteiger partial charge in [-0.25, -0.2) is 14.8 Å². The van der Waals surface area contributed by atoms with E-state index in [9.17, 15) is 53.3 Å². The number of methoxy groups -OCH3 is 1. The second-order valence-electron chi connectivity index (χ2n) is 26.8. The maximum Gasteiger partial charge on any atom is 0.320 e. The van der Waals surface area contributed by atoms with Crippen LogP contribution in [-0.4, -0.2) is 140 Å². The lowest BCUT2D eigenvalue weighted by atomic mass is 9.77. The fourth-order valence-electron chi connectivity index (χ4n) is 14.7. The van der Waals surface area contributed by atoms with E-state index >= 15 is 0 Å². The van der Waals surface area contributed by atoms with Gasteiger partial charge in [0.15, 0.2) is 0 Å². The summed E-state index contributed by atoms with van der Waals surface area (Å²) in [4.78, 5) is 61.3. The third-order valence-electron chi connectivity index (χ3n) is 19.9. The SMILES string of the molecule is CCN1/C(=C/C=C(/C=C/C2N(CC)c3ccc4c(C)cc(S(=O)(=O)O)cc4c3C2(C)C)c2ccc(C(=O)NCCCCCC(=O)NCc3cc4c(nc3CCCN3CCN([C@@H](C)c5ccc(OC)nc5)C3=O)NCCC4)cn2)C(C)(C)c2c1ccc1c(S(=O)(=O)O)cc(S(=O)(=O)O)cc21. The topological polar surface area (TPSA) is 311 Å². The van der Waals surface area contributed by atoms with E-state index in [4.69, 9.17) is 14.7 Å². The van der Waals surface area contributed by atoms with Crippen LogP contribution in [0.3, 0.4) is 0 Å². The van der Waals surface area contributed by atoms with Crippen molar-refractivity contribution in [3.05, 3.63) is 172 Å². The molecule has 4 aliphatic heterocycles. The second kappa shape index (κ2) is 28.4. The van der Waals surface area contributed by atoms with Crippen molar-refractivity contribution in [1.29, 1.82) is 0 Å². The first-order chi connectivity index (χ1) is 46.9. The molecule has 7 heterocycles. The van der Waals surface area contributed by atoms with Crippen molar-refractivity contribution in [3.8, 4) is 5.88 Å². The van der Waals surface area contributed by atoms with Gasteiger partial charge in [-0.15, -0.1) is 0 Å². The van der Waals surface area contributed by atoms with Gasteiger partial charge in [0.2, 0.25) is 11.8 Å². The number of allylic oxidation sites excluding steroid dienone is 5. The van der Waals surface area contributed by atoms with Gasteiger partial charge in [0.1, 0.15) is 10.7 Å². The van der Waals surface area contributed by atoms with Crippen molar-refractivity contribution in [3.63, 3.8) is 0 Å². The van der Waals surface area contributed by atoms with Crippen molar-refractivity contribution in [2.45, 2.75) is 151 Å². The highest BCUT2D eigenvalue weighted by Crippen LogP contribution is 2.53. The molecule has 0 spiro atoms. The van der Waals surface area contributed by atoms with E-state index in [2.05, 4.69) is 51.8 Å². The normalized spacial score (nSPS) is 17.5. The van der Waals surface area contributed by atoms with Gasteiger partial charge in [0.25, 0.3) is 36.3 Å². The third kappa shape index (κ3) is 14.6. The predicted molar refractivity (Wildman–Crippen MR) is 382 cm³/mol. The van der Waals surface area contributed by atoms with E-state index in [0.717, 1.165) is 76.0 Å². The first kappa shape index (κ1) is 71.5. The molecule has 99 heavy (non-hydrogen) atoms. The van der Waals surface area contributed by atoms with Crippen LogP contribution in [0.15, 0.2) is 136 Å². The molecule has 0 bridgehead atoms.